The standard InChI is InChI=1S/C22H21N3O/c1-15-9-16(2)21-7-8-25(14-20(21)10-15)22(26)19(13-24)11-17-3-5-18(12-23)6-4-17/h3-6,9-10,19H,7-8,11,14H2,1-2H3. The smallest absolute Gasteiger partial charge is 0.240 e. The number of aryl methyl sites for hydroxylation is 2. The summed E-state index contributed by atoms with van der Waals surface area (Å²) in [6, 6.07) is 15.6. The van der Waals surface area contributed by atoms with Gasteiger partial charge in [0.15, 0.2) is 0 Å². The second-order valence-corrected chi connectivity index (χ2v) is 6.92. The van der Waals surface area contributed by atoms with E-state index >= 15 is 0 Å². The summed E-state index contributed by atoms with van der Waals surface area (Å²) in [5.74, 6) is -0.808. The number of nitrogens with zero attached hydrogens (tertiary/aromatic N) is 3. The van der Waals surface area contributed by atoms with Gasteiger partial charge in [0, 0.05) is 13.1 Å². The summed E-state index contributed by atoms with van der Waals surface area (Å²) in [4.78, 5) is 14.7. The molecule has 1 amide bonds. The number of hydrogen-bond donors (Lipinski definition) is 0. The molecule has 3 rings (SSSR count). The molecule has 0 fully saturated rings. The molecule has 4 heteroatoms. The Bertz CT molecular complexity index is 916. The van der Waals surface area contributed by atoms with Gasteiger partial charge < -0.3 is 4.90 Å². The maximum atomic E-state index is 12.9. The van der Waals surface area contributed by atoms with Crippen molar-refractivity contribution in [3.63, 3.8) is 0 Å². The van der Waals surface area contributed by atoms with Crippen LogP contribution in [0.4, 0.5) is 0 Å². The minimum atomic E-state index is -0.699. The molecule has 1 heterocycles. The molecule has 1 aliphatic rings. The summed E-state index contributed by atoms with van der Waals surface area (Å²) in [6.07, 6.45) is 1.21. The third-order valence-corrected chi connectivity index (χ3v) is 4.99. The van der Waals surface area contributed by atoms with E-state index in [9.17, 15) is 10.1 Å². The van der Waals surface area contributed by atoms with E-state index in [0.29, 0.717) is 25.1 Å². The van der Waals surface area contributed by atoms with E-state index < -0.39 is 5.92 Å². The molecule has 1 aliphatic heterocycles. The first kappa shape index (κ1) is 17.7. The van der Waals surface area contributed by atoms with Crippen LogP contribution in [-0.4, -0.2) is 17.4 Å². The second-order valence-electron chi connectivity index (χ2n) is 6.92. The van der Waals surface area contributed by atoms with E-state index in [-0.39, 0.29) is 5.91 Å². The minimum absolute atomic E-state index is 0.110. The Morgan fingerprint density at radius 1 is 1.19 bits per heavy atom. The van der Waals surface area contributed by atoms with Gasteiger partial charge in [0.1, 0.15) is 5.92 Å². The number of carbonyl (C=O) groups is 1. The number of rotatable bonds is 3. The summed E-state index contributed by atoms with van der Waals surface area (Å²) >= 11 is 0. The molecule has 4 nitrogen and oxygen atoms in total. The molecule has 0 aliphatic carbocycles. The van der Waals surface area contributed by atoms with Crippen molar-refractivity contribution in [2.45, 2.75) is 33.2 Å². The van der Waals surface area contributed by atoms with Crippen molar-refractivity contribution < 1.29 is 4.79 Å². The predicted octanol–water partition coefficient (Wildman–Crippen LogP) is 3.44. The van der Waals surface area contributed by atoms with E-state index in [4.69, 9.17) is 5.26 Å². The fourth-order valence-electron chi connectivity index (χ4n) is 3.66. The molecule has 0 aromatic heterocycles. The lowest BCUT2D eigenvalue weighted by molar-refractivity contribution is -0.134. The van der Waals surface area contributed by atoms with Gasteiger partial charge in [-0.1, -0.05) is 29.8 Å². The van der Waals surface area contributed by atoms with Crippen molar-refractivity contribution in [1.29, 1.82) is 10.5 Å². The third-order valence-electron chi connectivity index (χ3n) is 4.99. The highest BCUT2D eigenvalue weighted by molar-refractivity contribution is 5.82. The Morgan fingerprint density at radius 2 is 1.92 bits per heavy atom. The van der Waals surface area contributed by atoms with Crippen LogP contribution >= 0.6 is 0 Å². The topological polar surface area (TPSA) is 67.9 Å². The lowest BCUT2D eigenvalue weighted by Crippen LogP contribution is -2.40. The van der Waals surface area contributed by atoms with Crippen molar-refractivity contribution in [2.75, 3.05) is 6.54 Å². The fraction of sp³-hybridized carbons (Fsp3) is 0.318. The first-order valence-corrected chi connectivity index (χ1v) is 8.78. The first-order valence-electron chi connectivity index (χ1n) is 8.78. The number of benzene rings is 2. The van der Waals surface area contributed by atoms with Gasteiger partial charge in [-0.2, -0.15) is 10.5 Å². The van der Waals surface area contributed by atoms with E-state index in [1.54, 1.807) is 17.0 Å². The Kier molecular flexibility index (Phi) is 5.05. The summed E-state index contributed by atoms with van der Waals surface area (Å²) in [7, 11) is 0. The molecule has 0 bridgehead atoms. The van der Waals surface area contributed by atoms with E-state index in [1.807, 2.05) is 12.1 Å². The van der Waals surface area contributed by atoms with Crippen molar-refractivity contribution in [1.82, 2.24) is 4.90 Å². The largest absolute Gasteiger partial charge is 0.337 e. The monoisotopic (exact) mass is 343 g/mol. The van der Waals surface area contributed by atoms with E-state index in [1.165, 1.54) is 22.3 Å². The maximum absolute atomic E-state index is 12.9. The fourth-order valence-corrected chi connectivity index (χ4v) is 3.66. The number of amides is 1. The van der Waals surface area contributed by atoms with Crippen LogP contribution in [0.3, 0.4) is 0 Å². The number of fused-ring (bicyclic) bond motifs is 1. The highest BCUT2D eigenvalue weighted by Gasteiger charge is 2.28. The quantitative estimate of drug-likeness (QED) is 0.857. The third kappa shape index (κ3) is 3.60. The Labute approximate surface area is 154 Å². The van der Waals surface area contributed by atoms with Gasteiger partial charge in [-0.15, -0.1) is 0 Å². The number of nitriles is 2. The summed E-state index contributed by atoms with van der Waals surface area (Å²) in [5, 5.41) is 18.4. The van der Waals surface area contributed by atoms with Crippen molar-refractivity contribution in [3.05, 3.63) is 69.8 Å². The maximum Gasteiger partial charge on any atom is 0.240 e. The van der Waals surface area contributed by atoms with Gasteiger partial charge in [-0.05, 0) is 61.1 Å². The molecule has 0 radical (unpaired) electrons. The molecule has 2 aromatic carbocycles. The summed E-state index contributed by atoms with van der Waals surface area (Å²) in [6.45, 7) is 5.41. The normalized spacial score (nSPS) is 14.1. The zero-order chi connectivity index (χ0) is 18.7. The molecular weight excluding hydrogens is 322 g/mol. The summed E-state index contributed by atoms with van der Waals surface area (Å²) < 4.78 is 0. The Hall–Kier alpha value is -3.11. The van der Waals surface area contributed by atoms with Crippen LogP contribution < -0.4 is 0 Å². The van der Waals surface area contributed by atoms with Gasteiger partial charge >= 0.3 is 0 Å². The van der Waals surface area contributed by atoms with Gasteiger partial charge in [0.25, 0.3) is 0 Å². The van der Waals surface area contributed by atoms with Crippen LogP contribution in [0.15, 0.2) is 36.4 Å². The van der Waals surface area contributed by atoms with E-state index in [2.05, 4.69) is 38.1 Å². The predicted molar refractivity (Wildman–Crippen MR) is 99.0 cm³/mol. The van der Waals surface area contributed by atoms with Gasteiger partial charge in [0.2, 0.25) is 5.91 Å². The lowest BCUT2D eigenvalue weighted by Gasteiger charge is -2.31. The molecule has 0 saturated carbocycles. The molecule has 130 valence electrons. The molecule has 2 aromatic rings. The zero-order valence-electron chi connectivity index (χ0n) is 15.1. The van der Waals surface area contributed by atoms with Crippen LogP contribution in [0.5, 0.6) is 0 Å². The van der Waals surface area contributed by atoms with E-state index in [0.717, 1.165) is 12.0 Å². The second kappa shape index (κ2) is 7.42. The van der Waals surface area contributed by atoms with Crippen molar-refractivity contribution in [2.24, 2.45) is 5.92 Å². The van der Waals surface area contributed by atoms with Crippen LogP contribution in [0, 0.1) is 42.4 Å². The highest BCUT2D eigenvalue weighted by atomic mass is 16.2. The molecule has 0 N–H and O–H groups in total. The highest BCUT2D eigenvalue weighted by Crippen LogP contribution is 2.25. The summed E-state index contributed by atoms with van der Waals surface area (Å²) in [5.41, 5.74) is 6.48. The molecule has 1 atom stereocenters. The minimum Gasteiger partial charge on any atom is -0.337 e. The SMILES string of the molecule is Cc1cc(C)c2c(c1)CN(C(=O)C(C#N)Cc1ccc(C#N)cc1)CC2. The van der Waals surface area contributed by atoms with Gasteiger partial charge in [-0.3, -0.25) is 4.79 Å². The van der Waals surface area contributed by atoms with Gasteiger partial charge in [0.05, 0.1) is 17.7 Å². The van der Waals surface area contributed by atoms with Crippen LogP contribution in [0.1, 0.15) is 33.4 Å². The molecular formula is C22H21N3O. The number of hydrogen-bond acceptors (Lipinski definition) is 3. The first-order chi connectivity index (χ1) is 12.5. The molecule has 0 spiro atoms. The molecule has 0 saturated heterocycles. The van der Waals surface area contributed by atoms with Crippen molar-refractivity contribution in [3.8, 4) is 12.1 Å². The Balaban J connectivity index is 1.74. The average Bonchev–Trinajstić information content (AvgIpc) is 2.65. The van der Waals surface area contributed by atoms with Crippen LogP contribution in [0.25, 0.3) is 0 Å². The zero-order valence-corrected chi connectivity index (χ0v) is 15.1. The van der Waals surface area contributed by atoms with Crippen molar-refractivity contribution >= 4 is 5.91 Å². The van der Waals surface area contributed by atoms with Crippen LogP contribution in [-0.2, 0) is 24.2 Å². The van der Waals surface area contributed by atoms with Crippen LogP contribution in [0.2, 0.25) is 0 Å². The van der Waals surface area contributed by atoms with Gasteiger partial charge in [-0.25, -0.2) is 0 Å². The average molecular weight is 343 g/mol. The Morgan fingerprint density at radius 3 is 2.58 bits per heavy atom. The number of carbonyl (C=O) groups excluding carboxylic acids is 1. The molecule has 26 heavy (non-hydrogen) atoms. The molecule has 1 unspecified atom stereocenters. The lowest BCUT2D eigenvalue weighted by atomic mass is 9.91.